The molecule has 2 aromatic rings. The van der Waals surface area contributed by atoms with Gasteiger partial charge in [-0.05, 0) is 0 Å². The standard InChI is InChI=1S/C20H25NO/c1-14-18(16-10-6-4-7-11-16)21(3)19(15(2)20(14)22)17-12-8-5-9-13-17/h4-15,18-20,22H,1-3H3/p+1/t14-,15-,18-,19-/m0/s1. The summed E-state index contributed by atoms with van der Waals surface area (Å²) in [5.74, 6) is 0.495. The average molecular weight is 296 g/mol. The fourth-order valence-electron chi connectivity index (χ4n) is 4.35. The molecule has 0 unspecified atom stereocenters. The molecule has 2 heteroatoms. The summed E-state index contributed by atoms with van der Waals surface area (Å²) >= 11 is 0. The number of aliphatic hydroxyl groups excluding tert-OH is 1. The van der Waals surface area contributed by atoms with Gasteiger partial charge < -0.3 is 10.0 Å². The first-order chi connectivity index (χ1) is 10.6. The molecule has 0 bridgehead atoms. The van der Waals surface area contributed by atoms with E-state index < -0.39 is 0 Å². The quantitative estimate of drug-likeness (QED) is 0.875. The van der Waals surface area contributed by atoms with Crippen molar-refractivity contribution < 1.29 is 10.0 Å². The van der Waals surface area contributed by atoms with E-state index in [0.717, 1.165) is 0 Å². The predicted molar refractivity (Wildman–Crippen MR) is 89.6 cm³/mol. The SMILES string of the molecule is C[C@@H]1C(O)[C@@H](C)[C@@H](c2ccccc2)[NH+](C)[C@@H]1c1ccccc1. The Morgan fingerprint density at radius 3 is 1.45 bits per heavy atom. The van der Waals surface area contributed by atoms with Crippen molar-refractivity contribution in [1.29, 1.82) is 0 Å². The molecule has 0 aliphatic carbocycles. The number of rotatable bonds is 2. The van der Waals surface area contributed by atoms with Gasteiger partial charge in [0.15, 0.2) is 0 Å². The second-order valence-corrected chi connectivity index (χ2v) is 6.73. The van der Waals surface area contributed by atoms with E-state index >= 15 is 0 Å². The number of quaternary nitrogens is 1. The number of hydrogen-bond acceptors (Lipinski definition) is 1. The van der Waals surface area contributed by atoms with Gasteiger partial charge in [0.25, 0.3) is 0 Å². The van der Waals surface area contributed by atoms with Crippen molar-refractivity contribution in [1.82, 2.24) is 0 Å². The van der Waals surface area contributed by atoms with Crippen molar-refractivity contribution in [2.75, 3.05) is 7.05 Å². The third-order valence-electron chi connectivity index (χ3n) is 5.43. The van der Waals surface area contributed by atoms with Crippen LogP contribution in [0.15, 0.2) is 60.7 Å². The maximum absolute atomic E-state index is 10.8. The maximum atomic E-state index is 10.8. The Kier molecular flexibility index (Phi) is 4.32. The predicted octanol–water partition coefficient (Wildman–Crippen LogP) is 2.63. The molecular formula is C20H26NO+. The molecule has 0 aromatic heterocycles. The Balaban J connectivity index is 2.01. The molecule has 2 N–H and O–H groups in total. The van der Waals surface area contributed by atoms with Crippen LogP contribution in [0.1, 0.15) is 37.1 Å². The first-order valence-electron chi connectivity index (χ1n) is 8.22. The normalized spacial score (nSPS) is 35.3. The first kappa shape index (κ1) is 15.3. The largest absolute Gasteiger partial charge is 0.392 e. The highest BCUT2D eigenvalue weighted by Gasteiger charge is 2.47. The molecule has 1 heterocycles. The highest BCUT2D eigenvalue weighted by molar-refractivity contribution is 5.22. The molecule has 1 fully saturated rings. The lowest BCUT2D eigenvalue weighted by Gasteiger charge is -2.47. The molecule has 116 valence electrons. The monoisotopic (exact) mass is 296 g/mol. The number of hydrogen-bond donors (Lipinski definition) is 2. The van der Waals surface area contributed by atoms with E-state index in [9.17, 15) is 5.11 Å². The minimum absolute atomic E-state index is 0.248. The van der Waals surface area contributed by atoms with E-state index in [2.05, 4.69) is 81.6 Å². The Hall–Kier alpha value is -1.64. The summed E-state index contributed by atoms with van der Waals surface area (Å²) in [5.41, 5.74) is 2.64. The number of piperidine rings is 1. The van der Waals surface area contributed by atoms with Crippen LogP contribution in [0.25, 0.3) is 0 Å². The summed E-state index contributed by atoms with van der Waals surface area (Å²) in [4.78, 5) is 1.47. The molecule has 1 aliphatic heterocycles. The van der Waals surface area contributed by atoms with E-state index in [-0.39, 0.29) is 17.9 Å². The lowest BCUT2D eigenvalue weighted by Crippen LogP contribution is -3.12. The zero-order valence-electron chi connectivity index (χ0n) is 13.6. The third kappa shape index (κ3) is 2.57. The van der Waals surface area contributed by atoms with E-state index in [0.29, 0.717) is 12.1 Å². The van der Waals surface area contributed by atoms with Gasteiger partial charge in [-0.25, -0.2) is 0 Å². The van der Waals surface area contributed by atoms with Crippen molar-refractivity contribution in [2.45, 2.75) is 32.0 Å². The maximum Gasteiger partial charge on any atom is 0.118 e. The number of benzene rings is 2. The van der Waals surface area contributed by atoms with Crippen molar-refractivity contribution in [3.05, 3.63) is 71.8 Å². The summed E-state index contributed by atoms with van der Waals surface area (Å²) in [6.07, 6.45) is -0.279. The van der Waals surface area contributed by atoms with E-state index in [1.165, 1.54) is 16.0 Å². The molecule has 4 atom stereocenters. The summed E-state index contributed by atoms with van der Waals surface area (Å²) in [6, 6.07) is 21.9. The van der Waals surface area contributed by atoms with Gasteiger partial charge in [0.05, 0.1) is 13.2 Å². The van der Waals surface area contributed by atoms with Crippen LogP contribution >= 0.6 is 0 Å². The Morgan fingerprint density at radius 1 is 0.727 bits per heavy atom. The molecule has 1 saturated heterocycles. The molecule has 0 amide bonds. The van der Waals surface area contributed by atoms with Crippen LogP contribution in [-0.4, -0.2) is 18.3 Å². The van der Waals surface area contributed by atoms with E-state index in [4.69, 9.17) is 0 Å². The minimum atomic E-state index is -0.279. The second-order valence-electron chi connectivity index (χ2n) is 6.73. The van der Waals surface area contributed by atoms with Gasteiger partial charge >= 0.3 is 0 Å². The van der Waals surface area contributed by atoms with Crippen LogP contribution in [0.4, 0.5) is 0 Å². The number of nitrogens with one attached hydrogen (secondary N) is 1. The summed E-state index contributed by atoms with van der Waals surface area (Å²) in [5, 5.41) is 10.8. The van der Waals surface area contributed by atoms with Gasteiger partial charge in [-0.3, -0.25) is 0 Å². The van der Waals surface area contributed by atoms with Crippen LogP contribution in [-0.2, 0) is 0 Å². The van der Waals surface area contributed by atoms with Crippen molar-refractivity contribution in [3.8, 4) is 0 Å². The van der Waals surface area contributed by atoms with Crippen LogP contribution in [0, 0.1) is 11.8 Å². The Bertz CT molecular complexity index is 544. The molecule has 0 radical (unpaired) electrons. The Labute approximate surface area is 133 Å². The average Bonchev–Trinajstić information content (AvgIpc) is 2.55. The third-order valence-corrected chi connectivity index (χ3v) is 5.43. The first-order valence-corrected chi connectivity index (χ1v) is 8.22. The van der Waals surface area contributed by atoms with Gasteiger partial charge in [-0.1, -0.05) is 74.5 Å². The molecule has 3 rings (SSSR count). The van der Waals surface area contributed by atoms with Gasteiger partial charge in [-0.2, -0.15) is 0 Å². The summed E-state index contributed by atoms with van der Waals surface area (Å²) < 4.78 is 0. The van der Waals surface area contributed by atoms with Crippen molar-refractivity contribution in [2.24, 2.45) is 11.8 Å². The van der Waals surface area contributed by atoms with Gasteiger partial charge in [0.1, 0.15) is 12.1 Å². The number of aliphatic hydroxyl groups is 1. The molecular weight excluding hydrogens is 270 g/mol. The smallest absolute Gasteiger partial charge is 0.118 e. The molecule has 0 spiro atoms. The molecule has 2 aromatic carbocycles. The summed E-state index contributed by atoms with van der Waals surface area (Å²) in [7, 11) is 2.27. The van der Waals surface area contributed by atoms with Gasteiger partial charge in [0, 0.05) is 23.0 Å². The highest BCUT2D eigenvalue weighted by Crippen LogP contribution is 2.36. The minimum Gasteiger partial charge on any atom is -0.392 e. The molecule has 0 saturated carbocycles. The van der Waals surface area contributed by atoms with Crippen molar-refractivity contribution >= 4 is 0 Å². The molecule has 1 aliphatic rings. The van der Waals surface area contributed by atoms with Crippen LogP contribution in [0.3, 0.4) is 0 Å². The second kappa shape index (κ2) is 6.23. The van der Waals surface area contributed by atoms with Crippen LogP contribution in [0.5, 0.6) is 0 Å². The topological polar surface area (TPSA) is 24.7 Å². The summed E-state index contributed by atoms with van der Waals surface area (Å²) in [6.45, 7) is 4.37. The zero-order chi connectivity index (χ0) is 15.7. The lowest BCUT2D eigenvalue weighted by atomic mass is 9.74. The zero-order valence-corrected chi connectivity index (χ0v) is 13.6. The van der Waals surface area contributed by atoms with Gasteiger partial charge in [0.2, 0.25) is 0 Å². The fourth-order valence-corrected chi connectivity index (χ4v) is 4.35. The van der Waals surface area contributed by atoms with Crippen LogP contribution < -0.4 is 4.90 Å². The van der Waals surface area contributed by atoms with E-state index in [1.807, 2.05) is 0 Å². The Morgan fingerprint density at radius 2 is 1.09 bits per heavy atom. The fraction of sp³-hybridized carbons (Fsp3) is 0.400. The van der Waals surface area contributed by atoms with Crippen LogP contribution in [0.2, 0.25) is 0 Å². The molecule has 22 heavy (non-hydrogen) atoms. The highest BCUT2D eigenvalue weighted by atomic mass is 16.3. The van der Waals surface area contributed by atoms with Gasteiger partial charge in [-0.15, -0.1) is 0 Å². The molecule has 2 nitrogen and oxygen atoms in total. The van der Waals surface area contributed by atoms with Crippen molar-refractivity contribution in [3.63, 3.8) is 0 Å². The number of likely N-dealkylation sites (tertiary alicyclic amines) is 1. The lowest BCUT2D eigenvalue weighted by molar-refractivity contribution is -0.959. The van der Waals surface area contributed by atoms with E-state index in [1.54, 1.807) is 0 Å².